The minimum Gasteiger partial charge on any atom is -0.330 e. The molecule has 0 saturated carbocycles. The first-order chi connectivity index (χ1) is 8.70. The number of likely N-dealkylation sites (N-methyl/N-ethyl adjacent to an activating group) is 1. The highest BCUT2D eigenvalue weighted by molar-refractivity contribution is 5.14. The third-order valence-electron chi connectivity index (χ3n) is 3.99. The highest BCUT2D eigenvalue weighted by Gasteiger charge is 2.28. The summed E-state index contributed by atoms with van der Waals surface area (Å²) in [7, 11) is 2.20. The van der Waals surface area contributed by atoms with Crippen molar-refractivity contribution in [1.29, 1.82) is 0 Å². The van der Waals surface area contributed by atoms with Gasteiger partial charge in [-0.3, -0.25) is 4.90 Å². The maximum atomic E-state index is 5.86. The topological polar surface area (TPSA) is 32.5 Å². The molecular formula is C15H25N3. The summed E-state index contributed by atoms with van der Waals surface area (Å²) in [6.07, 6.45) is 0. The Kier molecular flexibility index (Phi) is 4.75. The van der Waals surface area contributed by atoms with E-state index in [-0.39, 0.29) is 0 Å². The molecule has 2 N–H and O–H groups in total. The molecule has 1 aromatic carbocycles. The lowest BCUT2D eigenvalue weighted by atomic mass is 9.97. The fraction of sp³-hybridized carbons (Fsp3) is 0.600. The van der Waals surface area contributed by atoms with Crippen molar-refractivity contribution < 1.29 is 0 Å². The van der Waals surface area contributed by atoms with Crippen LogP contribution in [0.15, 0.2) is 30.3 Å². The molecule has 1 aliphatic heterocycles. The molecule has 0 bridgehead atoms. The summed E-state index contributed by atoms with van der Waals surface area (Å²) in [5, 5.41) is 0. The number of piperazine rings is 1. The first-order valence-corrected chi connectivity index (χ1v) is 6.87. The van der Waals surface area contributed by atoms with Gasteiger partial charge in [0.2, 0.25) is 0 Å². The summed E-state index contributed by atoms with van der Waals surface area (Å²) >= 11 is 0. The monoisotopic (exact) mass is 247 g/mol. The van der Waals surface area contributed by atoms with Crippen LogP contribution in [-0.2, 0) is 6.54 Å². The zero-order valence-electron chi connectivity index (χ0n) is 11.5. The van der Waals surface area contributed by atoms with Gasteiger partial charge in [0.15, 0.2) is 0 Å². The van der Waals surface area contributed by atoms with Gasteiger partial charge in [0.1, 0.15) is 0 Å². The molecule has 3 heteroatoms. The smallest absolute Gasteiger partial charge is 0.0264 e. The molecule has 0 amide bonds. The van der Waals surface area contributed by atoms with Gasteiger partial charge in [-0.15, -0.1) is 0 Å². The van der Waals surface area contributed by atoms with Crippen LogP contribution in [0.25, 0.3) is 0 Å². The van der Waals surface area contributed by atoms with Gasteiger partial charge in [-0.1, -0.05) is 37.3 Å². The fourth-order valence-electron chi connectivity index (χ4n) is 2.70. The zero-order chi connectivity index (χ0) is 13.0. The molecule has 2 unspecified atom stereocenters. The summed E-state index contributed by atoms with van der Waals surface area (Å²) in [6.45, 7) is 7.50. The van der Waals surface area contributed by atoms with Crippen LogP contribution in [0, 0.1) is 5.92 Å². The van der Waals surface area contributed by atoms with Crippen LogP contribution in [0.1, 0.15) is 12.5 Å². The molecule has 1 fully saturated rings. The summed E-state index contributed by atoms with van der Waals surface area (Å²) < 4.78 is 0. The van der Waals surface area contributed by atoms with E-state index in [9.17, 15) is 0 Å². The third kappa shape index (κ3) is 3.31. The number of nitrogens with two attached hydrogens (primary N) is 1. The van der Waals surface area contributed by atoms with E-state index in [1.54, 1.807) is 0 Å². The Morgan fingerprint density at radius 3 is 2.67 bits per heavy atom. The predicted octanol–water partition coefficient (Wildman–Crippen LogP) is 1.40. The molecule has 0 aromatic heterocycles. The van der Waals surface area contributed by atoms with Gasteiger partial charge in [0, 0.05) is 32.2 Å². The van der Waals surface area contributed by atoms with Crippen LogP contribution in [-0.4, -0.2) is 49.1 Å². The molecule has 100 valence electrons. The van der Waals surface area contributed by atoms with Crippen LogP contribution >= 0.6 is 0 Å². The molecule has 3 nitrogen and oxygen atoms in total. The first-order valence-electron chi connectivity index (χ1n) is 6.87. The largest absolute Gasteiger partial charge is 0.330 e. The number of hydrogen-bond donors (Lipinski definition) is 1. The molecule has 2 atom stereocenters. The lowest BCUT2D eigenvalue weighted by Crippen LogP contribution is -2.55. The van der Waals surface area contributed by atoms with Crippen molar-refractivity contribution in [2.75, 3.05) is 33.2 Å². The maximum Gasteiger partial charge on any atom is 0.0264 e. The predicted molar refractivity (Wildman–Crippen MR) is 76.4 cm³/mol. The maximum absolute atomic E-state index is 5.86. The van der Waals surface area contributed by atoms with Crippen molar-refractivity contribution in [3.05, 3.63) is 35.9 Å². The molecule has 0 aliphatic carbocycles. The van der Waals surface area contributed by atoms with Gasteiger partial charge in [-0.2, -0.15) is 0 Å². The fourth-order valence-corrected chi connectivity index (χ4v) is 2.70. The van der Waals surface area contributed by atoms with E-state index in [4.69, 9.17) is 5.73 Å². The van der Waals surface area contributed by atoms with E-state index in [1.807, 2.05) is 0 Å². The summed E-state index contributed by atoms with van der Waals surface area (Å²) in [6, 6.07) is 11.3. The highest BCUT2D eigenvalue weighted by Crippen LogP contribution is 2.18. The normalized spacial score (nSPS) is 24.1. The van der Waals surface area contributed by atoms with E-state index in [2.05, 4.69) is 54.1 Å². The first kappa shape index (κ1) is 13.5. The second kappa shape index (κ2) is 6.32. The quantitative estimate of drug-likeness (QED) is 0.873. The number of rotatable bonds is 4. The average Bonchev–Trinajstić information content (AvgIpc) is 2.41. The lowest BCUT2D eigenvalue weighted by Gasteiger charge is -2.42. The third-order valence-corrected chi connectivity index (χ3v) is 3.99. The van der Waals surface area contributed by atoms with E-state index in [1.165, 1.54) is 5.56 Å². The van der Waals surface area contributed by atoms with Crippen LogP contribution in [0.2, 0.25) is 0 Å². The Bertz CT molecular complexity index is 352. The van der Waals surface area contributed by atoms with Gasteiger partial charge in [-0.05, 0) is 25.1 Å². The standard InChI is InChI=1S/C15H25N3/c1-13(10-16)15-12-17(2)8-9-18(15)11-14-6-4-3-5-7-14/h3-7,13,15H,8-12,16H2,1-2H3. The number of benzene rings is 1. The van der Waals surface area contributed by atoms with Crippen molar-refractivity contribution in [3.63, 3.8) is 0 Å². The minimum absolute atomic E-state index is 0.552. The van der Waals surface area contributed by atoms with Gasteiger partial charge in [0.25, 0.3) is 0 Å². The Morgan fingerprint density at radius 2 is 2.00 bits per heavy atom. The van der Waals surface area contributed by atoms with Crippen LogP contribution in [0.5, 0.6) is 0 Å². The molecule has 1 heterocycles. The lowest BCUT2D eigenvalue weighted by molar-refractivity contribution is 0.0546. The molecular weight excluding hydrogens is 222 g/mol. The Morgan fingerprint density at radius 1 is 1.28 bits per heavy atom. The number of hydrogen-bond acceptors (Lipinski definition) is 3. The van der Waals surface area contributed by atoms with Crippen molar-refractivity contribution in [3.8, 4) is 0 Å². The number of nitrogens with zero attached hydrogens (tertiary/aromatic N) is 2. The second-order valence-electron chi connectivity index (χ2n) is 5.50. The van der Waals surface area contributed by atoms with E-state index >= 15 is 0 Å². The van der Waals surface area contributed by atoms with Crippen molar-refractivity contribution in [2.45, 2.75) is 19.5 Å². The van der Waals surface area contributed by atoms with Crippen molar-refractivity contribution in [2.24, 2.45) is 11.7 Å². The zero-order valence-corrected chi connectivity index (χ0v) is 11.5. The Hall–Kier alpha value is -0.900. The second-order valence-corrected chi connectivity index (χ2v) is 5.50. The van der Waals surface area contributed by atoms with Crippen LogP contribution in [0.4, 0.5) is 0 Å². The van der Waals surface area contributed by atoms with E-state index in [0.29, 0.717) is 12.0 Å². The summed E-state index contributed by atoms with van der Waals surface area (Å²) in [5.41, 5.74) is 7.26. The van der Waals surface area contributed by atoms with Crippen molar-refractivity contribution in [1.82, 2.24) is 9.80 Å². The molecule has 2 rings (SSSR count). The summed E-state index contributed by atoms with van der Waals surface area (Å²) in [5.74, 6) is 0.552. The molecule has 1 saturated heterocycles. The van der Waals surface area contributed by atoms with E-state index < -0.39 is 0 Å². The molecule has 1 aliphatic rings. The highest BCUT2D eigenvalue weighted by atomic mass is 15.3. The molecule has 18 heavy (non-hydrogen) atoms. The van der Waals surface area contributed by atoms with Crippen molar-refractivity contribution >= 4 is 0 Å². The van der Waals surface area contributed by atoms with Gasteiger partial charge in [0.05, 0.1) is 0 Å². The minimum atomic E-state index is 0.552. The SMILES string of the molecule is CC(CN)C1CN(C)CCN1Cc1ccccc1. The molecule has 0 spiro atoms. The summed E-state index contributed by atoms with van der Waals surface area (Å²) in [4.78, 5) is 5.01. The molecule has 0 radical (unpaired) electrons. The van der Waals surface area contributed by atoms with Gasteiger partial charge < -0.3 is 10.6 Å². The van der Waals surface area contributed by atoms with Crippen LogP contribution < -0.4 is 5.73 Å². The average molecular weight is 247 g/mol. The van der Waals surface area contributed by atoms with Gasteiger partial charge >= 0.3 is 0 Å². The van der Waals surface area contributed by atoms with Crippen LogP contribution in [0.3, 0.4) is 0 Å². The molecule has 1 aromatic rings. The van der Waals surface area contributed by atoms with E-state index in [0.717, 1.165) is 32.7 Å². The van der Waals surface area contributed by atoms with Gasteiger partial charge in [-0.25, -0.2) is 0 Å². The Labute approximate surface area is 111 Å². The Balaban J connectivity index is 2.04.